The predicted molar refractivity (Wildman–Crippen MR) is 114 cm³/mol. The average molecular weight is 404 g/mol. The first kappa shape index (κ1) is 19.6. The number of carbonyl (C=O) groups excluding carboxylic acids is 1. The lowest BCUT2D eigenvalue weighted by molar-refractivity contribution is 0.241. The summed E-state index contributed by atoms with van der Waals surface area (Å²) >= 11 is 0. The molecule has 152 valence electrons. The van der Waals surface area contributed by atoms with Gasteiger partial charge in [0.1, 0.15) is 11.3 Å². The molecule has 0 bridgehead atoms. The standard InChI is InChI=1S/C24H21FN2O3/c25-20-12-9-18(10-13-20)19-11-14-22-21(16-19)27(24(29)30-22)23(28)26-15-5-4-8-17-6-2-1-3-7-17/h1-3,6-7,9-14,16H,4-5,8,15H2,(H,26,28). The maximum atomic E-state index is 13.2. The van der Waals surface area contributed by atoms with E-state index in [4.69, 9.17) is 4.42 Å². The van der Waals surface area contributed by atoms with Gasteiger partial charge in [-0.15, -0.1) is 0 Å². The number of nitrogens with zero attached hydrogens (tertiary/aromatic N) is 1. The van der Waals surface area contributed by atoms with Gasteiger partial charge in [0, 0.05) is 6.54 Å². The fraction of sp³-hybridized carbons (Fsp3) is 0.167. The summed E-state index contributed by atoms with van der Waals surface area (Å²) in [5.41, 5.74) is 3.50. The van der Waals surface area contributed by atoms with Crippen molar-refractivity contribution < 1.29 is 13.6 Å². The fourth-order valence-electron chi connectivity index (χ4n) is 3.40. The first-order chi connectivity index (χ1) is 14.6. The van der Waals surface area contributed by atoms with Gasteiger partial charge in [-0.2, -0.15) is 4.57 Å². The summed E-state index contributed by atoms with van der Waals surface area (Å²) in [5.74, 6) is -1.06. The minimum absolute atomic E-state index is 0.324. The molecule has 0 saturated carbocycles. The highest BCUT2D eigenvalue weighted by Gasteiger charge is 2.16. The molecular formula is C24H21FN2O3. The lowest BCUT2D eigenvalue weighted by atomic mass is 10.1. The lowest BCUT2D eigenvalue weighted by Crippen LogP contribution is -2.34. The van der Waals surface area contributed by atoms with Crippen molar-refractivity contribution in [1.29, 1.82) is 0 Å². The van der Waals surface area contributed by atoms with Crippen LogP contribution >= 0.6 is 0 Å². The molecule has 1 amide bonds. The van der Waals surface area contributed by atoms with E-state index in [1.165, 1.54) is 17.7 Å². The number of carbonyl (C=O) groups is 1. The molecule has 0 aliphatic carbocycles. The number of aryl methyl sites for hydroxylation is 1. The molecule has 0 radical (unpaired) electrons. The van der Waals surface area contributed by atoms with Crippen molar-refractivity contribution >= 4 is 17.1 Å². The Morgan fingerprint density at radius 3 is 2.43 bits per heavy atom. The Kier molecular flexibility index (Phi) is 5.75. The number of unbranched alkanes of at least 4 members (excludes halogenated alkanes) is 1. The van der Waals surface area contributed by atoms with Gasteiger partial charge in [0.05, 0.1) is 0 Å². The van der Waals surface area contributed by atoms with Crippen LogP contribution in [0.4, 0.5) is 9.18 Å². The van der Waals surface area contributed by atoms with Crippen LogP contribution in [0.5, 0.6) is 0 Å². The molecule has 1 heterocycles. The van der Waals surface area contributed by atoms with Gasteiger partial charge in [-0.3, -0.25) is 0 Å². The Hall–Kier alpha value is -3.67. The summed E-state index contributed by atoms with van der Waals surface area (Å²) in [6.07, 6.45) is 2.67. The van der Waals surface area contributed by atoms with Gasteiger partial charge >= 0.3 is 11.8 Å². The van der Waals surface area contributed by atoms with E-state index in [2.05, 4.69) is 17.4 Å². The average Bonchev–Trinajstić information content (AvgIpc) is 3.09. The zero-order valence-electron chi connectivity index (χ0n) is 16.3. The monoisotopic (exact) mass is 404 g/mol. The molecule has 0 fully saturated rings. The van der Waals surface area contributed by atoms with Crippen molar-refractivity contribution in [2.75, 3.05) is 6.54 Å². The van der Waals surface area contributed by atoms with Crippen molar-refractivity contribution in [3.63, 3.8) is 0 Å². The van der Waals surface area contributed by atoms with Gasteiger partial charge < -0.3 is 9.73 Å². The summed E-state index contributed by atoms with van der Waals surface area (Å²) in [4.78, 5) is 24.8. The normalized spacial score (nSPS) is 11.0. The summed E-state index contributed by atoms with van der Waals surface area (Å²) in [5, 5.41) is 2.79. The topological polar surface area (TPSA) is 64.2 Å². The summed E-state index contributed by atoms with van der Waals surface area (Å²) in [7, 11) is 0. The van der Waals surface area contributed by atoms with Crippen molar-refractivity contribution in [3.05, 3.63) is 94.7 Å². The number of fused-ring (bicyclic) bond motifs is 1. The number of nitrogens with one attached hydrogen (secondary N) is 1. The van der Waals surface area contributed by atoms with Gasteiger partial charge in [0.25, 0.3) is 0 Å². The second kappa shape index (κ2) is 8.78. The number of hydrogen-bond acceptors (Lipinski definition) is 3. The van der Waals surface area contributed by atoms with E-state index in [1.54, 1.807) is 30.3 Å². The van der Waals surface area contributed by atoms with Gasteiger partial charge in [-0.25, -0.2) is 14.0 Å². The minimum atomic E-state index is -0.733. The van der Waals surface area contributed by atoms with E-state index < -0.39 is 11.8 Å². The fourth-order valence-corrected chi connectivity index (χ4v) is 3.40. The molecule has 1 N–H and O–H groups in total. The summed E-state index contributed by atoms with van der Waals surface area (Å²) < 4.78 is 19.4. The molecule has 0 saturated heterocycles. The Balaban J connectivity index is 1.45. The van der Waals surface area contributed by atoms with Crippen LogP contribution in [0.1, 0.15) is 18.4 Å². The Bertz CT molecular complexity index is 1210. The molecule has 1 aromatic heterocycles. The molecule has 30 heavy (non-hydrogen) atoms. The Labute approximate surface area is 172 Å². The van der Waals surface area contributed by atoms with Crippen LogP contribution < -0.4 is 11.1 Å². The van der Waals surface area contributed by atoms with Gasteiger partial charge in [-0.1, -0.05) is 48.5 Å². The zero-order valence-corrected chi connectivity index (χ0v) is 16.3. The van der Waals surface area contributed by atoms with Crippen LogP contribution in [0.15, 0.2) is 82.0 Å². The van der Waals surface area contributed by atoms with Crippen molar-refractivity contribution in [3.8, 4) is 11.1 Å². The van der Waals surface area contributed by atoms with E-state index >= 15 is 0 Å². The van der Waals surface area contributed by atoms with E-state index in [-0.39, 0.29) is 5.82 Å². The Morgan fingerprint density at radius 1 is 0.933 bits per heavy atom. The molecule has 0 aliphatic rings. The molecule has 5 nitrogen and oxygen atoms in total. The molecule has 4 aromatic rings. The van der Waals surface area contributed by atoms with Crippen LogP contribution in [0, 0.1) is 5.82 Å². The van der Waals surface area contributed by atoms with Crippen LogP contribution in [0.2, 0.25) is 0 Å². The first-order valence-electron chi connectivity index (χ1n) is 9.85. The SMILES string of the molecule is O=C(NCCCCc1ccccc1)n1c(=O)oc2ccc(-c3ccc(F)cc3)cc21. The van der Waals surface area contributed by atoms with E-state index in [0.29, 0.717) is 17.6 Å². The van der Waals surface area contributed by atoms with Gasteiger partial charge in [-0.05, 0) is 60.2 Å². The van der Waals surface area contributed by atoms with Crippen LogP contribution in [0.25, 0.3) is 22.2 Å². The molecule has 3 aromatic carbocycles. The highest BCUT2D eigenvalue weighted by molar-refractivity contribution is 5.90. The van der Waals surface area contributed by atoms with Crippen molar-refractivity contribution in [2.45, 2.75) is 19.3 Å². The number of hydrogen-bond donors (Lipinski definition) is 1. The highest BCUT2D eigenvalue weighted by atomic mass is 19.1. The number of aromatic nitrogens is 1. The smallest absolute Gasteiger partial charge is 0.407 e. The zero-order chi connectivity index (χ0) is 20.9. The molecule has 4 rings (SSSR count). The molecule has 0 spiro atoms. The first-order valence-corrected chi connectivity index (χ1v) is 9.85. The predicted octanol–water partition coefficient (Wildman–Crippen LogP) is 4.98. The van der Waals surface area contributed by atoms with Crippen molar-refractivity contribution in [2.24, 2.45) is 0 Å². The molecule has 0 unspecified atom stereocenters. The Morgan fingerprint density at radius 2 is 1.67 bits per heavy atom. The minimum Gasteiger partial charge on any atom is -0.407 e. The molecular weight excluding hydrogens is 383 g/mol. The molecule has 0 aliphatic heterocycles. The number of amides is 1. The number of halogens is 1. The molecule has 0 atom stereocenters. The maximum Gasteiger partial charge on any atom is 0.428 e. The van der Waals surface area contributed by atoms with Crippen LogP contribution in [-0.2, 0) is 6.42 Å². The van der Waals surface area contributed by atoms with E-state index in [0.717, 1.165) is 35.0 Å². The van der Waals surface area contributed by atoms with E-state index in [9.17, 15) is 14.0 Å². The third kappa shape index (κ3) is 4.33. The second-order valence-corrected chi connectivity index (χ2v) is 7.07. The van der Waals surface area contributed by atoms with E-state index in [1.807, 2.05) is 18.2 Å². The number of rotatable bonds is 6. The largest absolute Gasteiger partial charge is 0.428 e. The summed E-state index contributed by atoms with van der Waals surface area (Å²) in [6, 6.07) is 20.8. The summed E-state index contributed by atoms with van der Waals surface area (Å²) in [6.45, 7) is 0.461. The second-order valence-electron chi connectivity index (χ2n) is 7.07. The quantitative estimate of drug-likeness (QED) is 0.461. The van der Waals surface area contributed by atoms with Crippen LogP contribution in [-0.4, -0.2) is 17.1 Å². The highest BCUT2D eigenvalue weighted by Crippen LogP contribution is 2.24. The number of oxazole rings is 1. The van der Waals surface area contributed by atoms with Crippen molar-refractivity contribution in [1.82, 2.24) is 9.88 Å². The maximum absolute atomic E-state index is 13.2. The lowest BCUT2D eigenvalue weighted by Gasteiger charge is -2.06. The third-order valence-electron chi connectivity index (χ3n) is 4.97. The molecule has 6 heteroatoms. The van der Waals surface area contributed by atoms with Crippen LogP contribution in [0.3, 0.4) is 0 Å². The van der Waals surface area contributed by atoms with Gasteiger partial charge in [0.2, 0.25) is 0 Å². The number of benzene rings is 3. The third-order valence-corrected chi connectivity index (χ3v) is 4.97. The van der Waals surface area contributed by atoms with Gasteiger partial charge in [0.15, 0.2) is 5.58 Å².